The Balaban J connectivity index is 1.47. The smallest absolute Gasteiger partial charge is 0.243 e. The van der Waals surface area contributed by atoms with Crippen LogP contribution in [0.2, 0.25) is 0 Å². The molecule has 1 aromatic carbocycles. The van der Waals surface area contributed by atoms with Crippen molar-refractivity contribution in [2.45, 2.75) is 49.2 Å². The number of hydrogen-bond donors (Lipinski definition) is 0. The molecule has 0 unspecified atom stereocenters. The van der Waals surface area contributed by atoms with E-state index in [1.165, 1.54) is 16.1 Å². The molecule has 0 N–H and O–H groups in total. The number of carbonyl (C=O) groups excluding carboxylic acids is 1. The molecule has 1 saturated carbocycles. The summed E-state index contributed by atoms with van der Waals surface area (Å²) in [4.78, 5) is 14.8. The number of carbonyl (C=O) groups is 1. The molecule has 0 bridgehead atoms. The molecule has 1 aromatic heterocycles. The van der Waals surface area contributed by atoms with Crippen molar-refractivity contribution in [2.24, 2.45) is 0 Å². The van der Waals surface area contributed by atoms with Crippen molar-refractivity contribution in [2.75, 3.05) is 30.3 Å². The molecule has 11 heteroatoms. The maximum Gasteiger partial charge on any atom is 0.243 e. The second-order valence-electron chi connectivity index (χ2n) is 7.10. The topological polar surface area (TPSA) is 101 Å². The Kier molecular flexibility index (Phi) is 5.63. The minimum atomic E-state index is -3.51. The third-order valence-electron chi connectivity index (χ3n) is 5.27. The van der Waals surface area contributed by atoms with Gasteiger partial charge in [0.15, 0.2) is 0 Å². The standard InChI is InChI=1S/C18H24N6O3S2/c1-3-22(4-2)29(26,27)15-7-8-16-13(11-15)9-10-23(16)17(25)12-28-18-19-20-21-24(18)14-5-6-14/h7-8,11,14H,3-6,9-10,12H2,1-2H3. The Hall–Kier alpha value is -1.98. The number of amides is 1. The van der Waals surface area contributed by atoms with Gasteiger partial charge in [-0.3, -0.25) is 4.79 Å². The highest BCUT2D eigenvalue weighted by atomic mass is 32.2. The Labute approximate surface area is 174 Å². The van der Waals surface area contributed by atoms with E-state index in [9.17, 15) is 13.2 Å². The highest BCUT2D eigenvalue weighted by molar-refractivity contribution is 7.99. The number of sulfonamides is 1. The van der Waals surface area contributed by atoms with Crippen LogP contribution in [0.4, 0.5) is 5.69 Å². The van der Waals surface area contributed by atoms with Gasteiger partial charge in [0.1, 0.15) is 0 Å². The molecule has 0 radical (unpaired) electrons. The zero-order chi connectivity index (χ0) is 20.6. The molecular formula is C18H24N6O3S2. The van der Waals surface area contributed by atoms with E-state index in [2.05, 4.69) is 15.5 Å². The molecule has 2 aromatic rings. The molecule has 1 aliphatic carbocycles. The Morgan fingerprint density at radius 3 is 2.72 bits per heavy atom. The molecule has 0 atom stereocenters. The van der Waals surface area contributed by atoms with Crippen molar-refractivity contribution in [1.29, 1.82) is 0 Å². The maximum atomic E-state index is 12.8. The van der Waals surface area contributed by atoms with Crippen molar-refractivity contribution < 1.29 is 13.2 Å². The lowest BCUT2D eigenvalue weighted by Gasteiger charge is -2.20. The van der Waals surface area contributed by atoms with Crippen LogP contribution in [0.15, 0.2) is 28.3 Å². The van der Waals surface area contributed by atoms with Gasteiger partial charge in [0.2, 0.25) is 21.1 Å². The van der Waals surface area contributed by atoms with Gasteiger partial charge in [-0.05, 0) is 53.5 Å². The first-order valence-electron chi connectivity index (χ1n) is 9.79. The molecule has 1 aliphatic heterocycles. The summed E-state index contributed by atoms with van der Waals surface area (Å²) in [6.45, 7) is 5.06. The molecule has 1 amide bonds. The normalized spacial score (nSPS) is 16.4. The number of nitrogens with zero attached hydrogens (tertiary/aromatic N) is 6. The van der Waals surface area contributed by atoms with Crippen LogP contribution in [0.1, 0.15) is 38.3 Å². The van der Waals surface area contributed by atoms with E-state index in [-0.39, 0.29) is 16.6 Å². The van der Waals surface area contributed by atoms with E-state index in [0.717, 1.165) is 24.1 Å². The number of hydrogen-bond acceptors (Lipinski definition) is 7. The van der Waals surface area contributed by atoms with Gasteiger partial charge >= 0.3 is 0 Å². The Morgan fingerprint density at radius 2 is 2.03 bits per heavy atom. The summed E-state index contributed by atoms with van der Waals surface area (Å²) in [6, 6.07) is 5.41. The van der Waals surface area contributed by atoms with Crippen LogP contribution in [0.5, 0.6) is 0 Å². The van der Waals surface area contributed by atoms with E-state index in [1.54, 1.807) is 27.8 Å². The van der Waals surface area contributed by atoms with Crippen molar-refractivity contribution in [1.82, 2.24) is 24.5 Å². The second-order valence-corrected chi connectivity index (χ2v) is 9.98. The van der Waals surface area contributed by atoms with E-state index >= 15 is 0 Å². The first kappa shape index (κ1) is 20.3. The van der Waals surface area contributed by atoms with Gasteiger partial charge in [-0.25, -0.2) is 13.1 Å². The molecular weight excluding hydrogens is 412 g/mol. The highest BCUT2D eigenvalue weighted by Crippen LogP contribution is 2.37. The Bertz CT molecular complexity index is 1010. The largest absolute Gasteiger partial charge is 0.311 e. The van der Waals surface area contributed by atoms with Gasteiger partial charge in [0.25, 0.3) is 0 Å². The van der Waals surface area contributed by atoms with Crippen LogP contribution in [0, 0.1) is 0 Å². The van der Waals surface area contributed by atoms with Gasteiger partial charge in [-0.15, -0.1) is 5.10 Å². The van der Waals surface area contributed by atoms with Crippen LogP contribution < -0.4 is 4.90 Å². The summed E-state index contributed by atoms with van der Waals surface area (Å²) in [5, 5.41) is 12.4. The summed E-state index contributed by atoms with van der Waals surface area (Å²) in [5.74, 6) is 0.213. The predicted molar refractivity (Wildman–Crippen MR) is 109 cm³/mol. The highest BCUT2D eigenvalue weighted by Gasteiger charge is 2.30. The first-order valence-corrected chi connectivity index (χ1v) is 12.2. The number of fused-ring (bicyclic) bond motifs is 1. The SMILES string of the molecule is CCN(CC)S(=O)(=O)c1ccc2c(c1)CCN2C(=O)CSc1nnnn1C1CC1. The zero-order valence-electron chi connectivity index (χ0n) is 16.5. The number of aromatic nitrogens is 4. The number of thioether (sulfide) groups is 1. The third-order valence-corrected chi connectivity index (χ3v) is 8.23. The van der Waals surface area contributed by atoms with Crippen molar-refractivity contribution in [3.8, 4) is 0 Å². The number of rotatable bonds is 8. The van der Waals surface area contributed by atoms with Crippen LogP contribution in [0.3, 0.4) is 0 Å². The Morgan fingerprint density at radius 1 is 1.28 bits per heavy atom. The first-order chi connectivity index (χ1) is 14.0. The molecule has 29 heavy (non-hydrogen) atoms. The predicted octanol–water partition coefficient (Wildman–Crippen LogP) is 1.72. The fourth-order valence-corrected chi connectivity index (χ4v) is 5.87. The second kappa shape index (κ2) is 8.04. The van der Waals surface area contributed by atoms with Crippen molar-refractivity contribution in [3.63, 3.8) is 0 Å². The quantitative estimate of drug-likeness (QED) is 0.581. The van der Waals surface area contributed by atoms with Crippen molar-refractivity contribution >= 4 is 33.4 Å². The molecule has 1 fully saturated rings. The summed E-state index contributed by atoms with van der Waals surface area (Å²) >= 11 is 1.34. The average Bonchev–Trinajstić information content (AvgIpc) is 3.29. The lowest BCUT2D eigenvalue weighted by atomic mass is 10.2. The molecule has 9 nitrogen and oxygen atoms in total. The van der Waals surface area contributed by atoms with E-state index < -0.39 is 10.0 Å². The van der Waals surface area contributed by atoms with Gasteiger partial charge in [0, 0.05) is 25.3 Å². The summed E-state index contributed by atoms with van der Waals surface area (Å²) in [6.07, 6.45) is 2.79. The molecule has 4 rings (SSSR count). The van der Waals surface area contributed by atoms with Crippen LogP contribution in [-0.2, 0) is 21.2 Å². The number of benzene rings is 1. The van der Waals surface area contributed by atoms with Gasteiger partial charge in [-0.1, -0.05) is 25.6 Å². The third kappa shape index (κ3) is 3.90. The minimum Gasteiger partial charge on any atom is -0.311 e. The summed E-state index contributed by atoms with van der Waals surface area (Å²) in [5.41, 5.74) is 1.68. The molecule has 0 saturated heterocycles. The lowest BCUT2D eigenvalue weighted by Crippen LogP contribution is -2.31. The van der Waals surface area contributed by atoms with Crippen LogP contribution in [-0.4, -0.2) is 64.2 Å². The molecule has 2 heterocycles. The fraction of sp³-hybridized carbons (Fsp3) is 0.556. The van der Waals surface area contributed by atoms with Gasteiger partial charge in [0.05, 0.1) is 16.7 Å². The number of tetrazole rings is 1. The molecule has 2 aliphatic rings. The van der Waals surface area contributed by atoms with Crippen LogP contribution in [0.25, 0.3) is 0 Å². The molecule has 156 valence electrons. The van der Waals surface area contributed by atoms with E-state index in [0.29, 0.717) is 37.3 Å². The monoisotopic (exact) mass is 436 g/mol. The lowest BCUT2D eigenvalue weighted by molar-refractivity contribution is -0.116. The fourth-order valence-electron chi connectivity index (χ4n) is 3.54. The van der Waals surface area contributed by atoms with Crippen molar-refractivity contribution in [3.05, 3.63) is 23.8 Å². The average molecular weight is 437 g/mol. The zero-order valence-corrected chi connectivity index (χ0v) is 18.1. The summed E-state index contributed by atoms with van der Waals surface area (Å²) < 4.78 is 28.7. The summed E-state index contributed by atoms with van der Waals surface area (Å²) in [7, 11) is -3.51. The van der Waals surface area contributed by atoms with Gasteiger partial charge in [-0.2, -0.15) is 4.31 Å². The maximum absolute atomic E-state index is 12.8. The van der Waals surface area contributed by atoms with Crippen LogP contribution >= 0.6 is 11.8 Å². The molecule has 0 spiro atoms. The minimum absolute atomic E-state index is 0.0292. The number of anilines is 1. The van der Waals surface area contributed by atoms with E-state index in [1.807, 2.05) is 13.8 Å². The van der Waals surface area contributed by atoms with Gasteiger partial charge < -0.3 is 4.90 Å². The van der Waals surface area contributed by atoms with E-state index in [4.69, 9.17) is 0 Å².